The summed E-state index contributed by atoms with van der Waals surface area (Å²) in [6, 6.07) is 15.1. The molecule has 1 heterocycles. The summed E-state index contributed by atoms with van der Waals surface area (Å²) in [4.78, 5) is 25.5. The Morgan fingerprint density at radius 3 is 2.79 bits per heavy atom. The van der Waals surface area contributed by atoms with Crippen LogP contribution < -0.4 is 15.0 Å². The van der Waals surface area contributed by atoms with Gasteiger partial charge in [0.25, 0.3) is 0 Å². The number of methoxy groups -OCH3 is 1. The van der Waals surface area contributed by atoms with Crippen molar-refractivity contribution in [3.8, 4) is 5.75 Å². The van der Waals surface area contributed by atoms with Gasteiger partial charge >= 0.3 is 0 Å². The first kappa shape index (κ1) is 16.4. The van der Waals surface area contributed by atoms with E-state index in [4.69, 9.17) is 4.74 Å². The van der Waals surface area contributed by atoms with Crippen LogP contribution in [0.3, 0.4) is 0 Å². The highest BCUT2D eigenvalue weighted by Crippen LogP contribution is 2.42. The molecule has 0 aromatic heterocycles. The number of thioether (sulfide) groups is 1. The third kappa shape index (κ3) is 3.38. The van der Waals surface area contributed by atoms with E-state index >= 15 is 0 Å². The fraction of sp³-hybridized carbons (Fsp3) is 0.222. The topological polar surface area (TPSA) is 58.6 Å². The number of hydrogen-bond acceptors (Lipinski definition) is 4. The zero-order valence-electron chi connectivity index (χ0n) is 13.5. The summed E-state index contributed by atoms with van der Waals surface area (Å²) in [5, 5.41) is 2.65. The summed E-state index contributed by atoms with van der Waals surface area (Å²) in [6.45, 7) is 1.48. The van der Waals surface area contributed by atoms with Gasteiger partial charge < -0.3 is 10.1 Å². The number of nitrogens with one attached hydrogen (secondary N) is 1. The van der Waals surface area contributed by atoms with Gasteiger partial charge in [-0.25, -0.2) is 0 Å². The van der Waals surface area contributed by atoms with Crippen LogP contribution in [0.25, 0.3) is 0 Å². The van der Waals surface area contributed by atoms with E-state index in [-0.39, 0.29) is 17.2 Å². The second-order valence-electron chi connectivity index (χ2n) is 5.44. The molecule has 124 valence electrons. The van der Waals surface area contributed by atoms with E-state index in [1.54, 1.807) is 23.8 Å². The second kappa shape index (κ2) is 6.97. The average molecular weight is 342 g/mol. The Kier molecular flexibility index (Phi) is 4.76. The number of carbonyl (C=O) groups is 2. The van der Waals surface area contributed by atoms with Gasteiger partial charge in [-0.3, -0.25) is 14.5 Å². The van der Waals surface area contributed by atoms with Crippen molar-refractivity contribution >= 4 is 35.0 Å². The summed E-state index contributed by atoms with van der Waals surface area (Å²) in [5.41, 5.74) is 2.50. The molecule has 6 heteroatoms. The van der Waals surface area contributed by atoms with Gasteiger partial charge in [0.15, 0.2) is 0 Å². The summed E-state index contributed by atoms with van der Waals surface area (Å²) >= 11 is 1.57. The van der Waals surface area contributed by atoms with Gasteiger partial charge in [-0.1, -0.05) is 18.2 Å². The standard InChI is InChI=1S/C18H18N2O3S/c1-12(21)19-14-6-3-5-13(9-14)18-20(17(22)11-24-18)15-7-4-8-16(10-15)23-2/h3-10,18H,11H2,1-2H3,(H,19,21). The fourth-order valence-electron chi connectivity index (χ4n) is 2.68. The highest BCUT2D eigenvalue weighted by Gasteiger charge is 2.34. The molecule has 1 aliphatic heterocycles. The molecule has 1 N–H and O–H groups in total. The second-order valence-corrected chi connectivity index (χ2v) is 6.50. The summed E-state index contributed by atoms with van der Waals surface area (Å²) in [5.74, 6) is 1.07. The van der Waals surface area contributed by atoms with Crippen molar-refractivity contribution in [2.45, 2.75) is 12.3 Å². The van der Waals surface area contributed by atoms with E-state index in [0.717, 1.165) is 16.9 Å². The van der Waals surface area contributed by atoms with Crippen molar-refractivity contribution in [3.05, 3.63) is 54.1 Å². The number of anilines is 2. The monoisotopic (exact) mass is 342 g/mol. The zero-order chi connectivity index (χ0) is 17.1. The molecule has 3 rings (SSSR count). The number of amides is 2. The maximum absolute atomic E-state index is 12.4. The zero-order valence-corrected chi connectivity index (χ0v) is 14.3. The fourth-order valence-corrected chi connectivity index (χ4v) is 3.85. The molecule has 0 radical (unpaired) electrons. The Morgan fingerprint density at radius 1 is 1.25 bits per heavy atom. The van der Waals surface area contributed by atoms with Crippen LogP contribution in [0.5, 0.6) is 5.75 Å². The predicted molar refractivity (Wildman–Crippen MR) is 96.4 cm³/mol. The van der Waals surface area contributed by atoms with Gasteiger partial charge in [0.1, 0.15) is 11.1 Å². The van der Waals surface area contributed by atoms with E-state index in [9.17, 15) is 9.59 Å². The average Bonchev–Trinajstić information content (AvgIpc) is 2.96. The van der Waals surface area contributed by atoms with Crippen molar-refractivity contribution in [3.63, 3.8) is 0 Å². The van der Waals surface area contributed by atoms with Crippen LogP contribution in [0, 0.1) is 0 Å². The maximum Gasteiger partial charge on any atom is 0.238 e. The Hall–Kier alpha value is -2.47. The third-order valence-electron chi connectivity index (χ3n) is 3.69. The van der Waals surface area contributed by atoms with Crippen molar-refractivity contribution in [2.75, 3.05) is 23.1 Å². The van der Waals surface area contributed by atoms with E-state index < -0.39 is 0 Å². The minimum Gasteiger partial charge on any atom is -0.497 e. The van der Waals surface area contributed by atoms with E-state index in [1.165, 1.54) is 6.92 Å². The molecule has 1 fully saturated rings. The lowest BCUT2D eigenvalue weighted by atomic mass is 10.1. The molecule has 5 nitrogen and oxygen atoms in total. The first-order valence-electron chi connectivity index (χ1n) is 7.54. The molecule has 1 atom stereocenters. The molecule has 0 saturated carbocycles. The van der Waals surface area contributed by atoms with Crippen LogP contribution in [-0.4, -0.2) is 24.7 Å². The van der Waals surface area contributed by atoms with Crippen molar-refractivity contribution in [1.29, 1.82) is 0 Å². The Labute approximate surface area is 145 Å². The molecule has 2 aromatic carbocycles. The predicted octanol–water partition coefficient (Wildman–Crippen LogP) is 3.43. The molecule has 2 amide bonds. The SMILES string of the molecule is COc1cccc(N2C(=O)CSC2c2cccc(NC(C)=O)c2)c1. The lowest BCUT2D eigenvalue weighted by Crippen LogP contribution is -2.27. The molecule has 1 unspecified atom stereocenters. The van der Waals surface area contributed by atoms with Crippen molar-refractivity contribution in [2.24, 2.45) is 0 Å². The first-order valence-corrected chi connectivity index (χ1v) is 8.58. The minimum atomic E-state index is -0.127. The van der Waals surface area contributed by atoms with Crippen LogP contribution in [0.2, 0.25) is 0 Å². The van der Waals surface area contributed by atoms with Gasteiger partial charge in [0, 0.05) is 24.4 Å². The largest absolute Gasteiger partial charge is 0.497 e. The minimum absolute atomic E-state index is 0.0585. The molecule has 0 spiro atoms. The van der Waals surface area contributed by atoms with Gasteiger partial charge in [-0.15, -0.1) is 11.8 Å². The maximum atomic E-state index is 12.4. The van der Waals surface area contributed by atoms with E-state index in [2.05, 4.69) is 5.32 Å². The molecule has 1 saturated heterocycles. The molecule has 1 aliphatic rings. The molecular formula is C18H18N2O3S. The summed E-state index contributed by atoms with van der Waals surface area (Å²) in [7, 11) is 1.61. The van der Waals surface area contributed by atoms with Crippen LogP contribution in [0.15, 0.2) is 48.5 Å². The van der Waals surface area contributed by atoms with Crippen molar-refractivity contribution < 1.29 is 14.3 Å². The summed E-state index contributed by atoms with van der Waals surface area (Å²) in [6.07, 6.45) is 0. The quantitative estimate of drug-likeness (QED) is 0.925. The van der Waals surface area contributed by atoms with Gasteiger partial charge in [-0.2, -0.15) is 0 Å². The molecule has 0 bridgehead atoms. The lowest BCUT2D eigenvalue weighted by Gasteiger charge is -2.25. The molecular weight excluding hydrogens is 324 g/mol. The third-order valence-corrected chi connectivity index (χ3v) is 4.90. The van der Waals surface area contributed by atoms with Crippen LogP contribution in [0.1, 0.15) is 17.9 Å². The molecule has 2 aromatic rings. The van der Waals surface area contributed by atoms with Gasteiger partial charge in [-0.05, 0) is 29.8 Å². The number of hydrogen-bond donors (Lipinski definition) is 1. The van der Waals surface area contributed by atoms with E-state index in [0.29, 0.717) is 11.5 Å². The molecule has 24 heavy (non-hydrogen) atoms. The van der Waals surface area contributed by atoms with Gasteiger partial charge in [0.05, 0.1) is 12.9 Å². The number of nitrogens with zero attached hydrogens (tertiary/aromatic N) is 1. The highest BCUT2D eigenvalue weighted by molar-refractivity contribution is 8.00. The number of rotatable bonds is 4. The Morgan fingerprint density at radius 2 is 2.04 bits per heavy atom. The Balaban J connectivity index is 1.94. The smallest absolute Gasteiger partial charge is 0.238 e. The van der Waals surface area contributed by atoms with E-state index in [1.807, 2.05) is 48.5 Å². The van der Waals surface area contributed by atoms with Crippen molar-refractivity contribution in [1.82, 2.24) is 0 Å². The first-order chi connectivity index (χ1) is 11.6. The highest BCUT2D eigenvalue weighted by atomic mass is 32.2. The number of benzene rings is 2. The van der Waals surface area contributed by atoms with Crippen LogP contribution in [-0.2, 0) is 9.59 Å². The lowest BCUT2D eigenvalue weighted by molar-refractivity contribution is -0.116. The summed E-state index contributed by atoms with van der Waals surface area (Å²) < 4.78 is 5.26. The Bertz CT molecular complexity index is 778. The van der Waals surface area contributed by atoms with Crippen LogP contribution in [0.4, 0.5) is 11.4 Å². The normalized spacial score (nSPS) is 17.0. The van der Waals surface area contributed by atoms with Gasteiger partial charge in [0.2, 0.25) is 11.8 Å². The van der Waals surface area contributed by atoms with Crippen LogP contribution >= 0.6 is 11.8 Å². The molecule has 0 aliphatic carbocycles. The number of ether oxygens (including phenoxy) is 1. The number of carbonyl (C=O) groups excluding carboxylic acids is 2.